The first-order valence-corrected chi connectivity index (χ1v) is 6.13. The molecule has 2 aromatic rings. The predicted molar refractivity (Wildman–Crippen MR) is 72.4 cm³/mol. The van der Waals surface area contributed by atoms with Gasteiger partial charge >= 0.3 is 5.97 Å². The molecule has 0 heterocycles. The standard InChI is InChI=1S/C14H11BrO3/c1-9-2-5-11(6-3-9)18-13-7-4-10(14(16)17)8-12(13)15/h2-8H,1H3,(H,16,17). The minimum atomic E-state index is -0.961. The second kappa shape index (κ2) is 5.23. The zero-order chi connectivity index (χ0) is 13.1. The zero-order valence-electron chi connectivity index (χ0n) is 9.68. The summed E-state index contributed by atoms with van der Waals surface area (Å²) in [6, 6.07) is 12.3. The Bertz CT molecular complexity index is 576. The molecule has 92 valence electrons. The third-order valence-corrected chi connectivity index (χ3v) is 3.05. The number of halogens is 1. The Morgan fingerprint density at radius 2 is 1.83 bits per heavy atom. The summed E-state index contributed by atoms with van der Waals surface area (Å²) in [6.45, 7) is 2.00. The normalized spacial score (nSPS) is 10.1. The summed E-state index contributed by atoms with van der Waals surface area (Å²) in [5, 5.41) is 8.86. The van der Waals surface area contributed by atoms with Crippen LogP contribution in [0.5, 0.6) is 11.5 Å². The quantitative estimate of drug-likeness (QED) is 0.922. The maximum atomic E-state index is 10.8. The summed E-state index contributed by atoms with van der Waals surface area (Å²) >= 11 is 3.30. The zero-order valence-corrected chi connectivity index (χ0v) is 11.3. The second-order valence-corrected chi connectivity index (χ2v) is 4.72. The molecule has 0 amide bonds. The number of ether oxygens (including phenoxy) is 1. The summed E-state index contributed by atoms with van der Waals surface area (Å²) in [5.41, 5.74) is 1.38. The van der Waals surface area contributed by atoms with Crippen molar-refractivity contribution in [3.63, 3.8) is 0 Å². The molecule has 0 aliphatic carbocycles. The average Bonchev–Trinajstić information content (AvgIpc) is 2.34. The molecule has 0 spiro atoms. The number of benzene rings is 2. The molecule has 0 saturated carbocycles. The molecule has 0 unspecified atom stereocenters. The van der Waals surface area contributed by atoms with Gasteiger partial charge in [0.25, 0.3) is 0 Å². The number of carboxylic acid groups (broad SMARTS) is 1. The second-order valence-electron chi connectivity index (χ2n) is 3.87. The van der Waals surface area contributed by atoms with E-state index in [0.717, 1.165) is 5.56 Å². The first kappa shape index (κ1) is 12.6. The Labute approximate surface area is 113 Å². The van der Waals surface area contributed by atoms with Gasteiger partial charge in [0.05, 0.1) is 10.0 Å². The summed E-state index contributed by atoms with van der Waals surface area (Å²) in [7, 11) is 0. The molecule has 0 aromatic heterocycles. The van der Waals surface area contributed by atoms with Gasteiger partial charge in [-0.25, -0.2) is 4.79 Å². The van der Waals surface area contributed by atoms with E-state index in [4.69, 9.17) is 9.84 Å². The monoisotopic (exact) mass is 306 g/mol. The summed E-state index contributed by atoms with van der Waals surface area (Å²) < 4.78 is 6.27. The van der Waals surface area contributed by atoms with Crippen LogP contribution in [0.4, 0.5) is 0 Å². The van der Waals surface area contributed by atoms with Crippen LogP contribution in [0, 0.1) is 6.92 Å². The molecule has 4 heteroatoms. The minimum Gasteiger partial charge on any atom is -0.478 e. The Morgan fingerprint density at radius 1 is 1.17 bits per heavy atom. The van der Waals surface area contributed by atoms with Crippen molar-refractivity contribution >= 4 is 21.9 Å². The number of aryl methyl sites for hydroxylation is 1. The highest BCUT2D eigenvalue weighted by atomic mass is 79.9. The predicted octanol–water partition coefficient (Wildman–Crippen LogP) is 4.25. The van der Waals surface area contributed by atoms with Crippen molar-refractivity contribution < 1.29 is 14.6 Å². The molecule has 0 fully saturated rings. The summed E-state index contributed by atoms with van der Waals surface area (Å²) in [5.74, 6) is 0.339. The lowest BCUT2D eigenvalue weighted by atomic mass is 10.2. The van der Waals surface area contributed by atoms with Gasteiger partial charge in [-0.05, 0) is 53.2 Å². The van der Waals surface area contributed by atoms with Crippen molar-refractivity contribution in [3.8, 4) is 11.5 Å². The molecule has 2 aromatic carbocycles. The van der Waals surface area contributed by atoms with Crippen LogP contribution in [-0.4, -0.2) is 11.1 Å². The van der Waals surface area contributed by atoms with Crippen LogP contribution in [0.25, 0.3) is 0 Å². The van der Waals surface area contributed by atoms with Crippen molar-refractivity contribution in [2.75, 3.05) is 0 Å². The lowest BCUT2D eigenvalue weighted by Crippen LogP contribution is -1.96. The van der Waals surface area contributed by atoms with Crippen LogP contribution in [0.15, 0.2) is 46.9 Å². The van der Waals surface area contributed by atoms with Crippen LogP contribution >= 0.6 is 15.9 Å². The number of aromatic carboxylic acids is 1. The van der Waals surface area contributed by atoms with Gasteiger partial charge in [0.15, 0.2) is 0 Å². The fourth-order valence-electron chi connectivity index (χ4n) is 1.45. The van der Waals surface area contributed by atoms with Crippen LogP contribution in [0.2, 0.25) is 0 Å². The van der Waals surface area contributed by atoms with Crippen molar-refractivity contribution in [2.24, 2.45) is 0 Å². The molecule has 0 saturated heterocycles. The van der Waals surface area contributed by atoms with Crippen molar-refractivity contribution in [1.29, 1.82) is 0 Å². The SMILES string of the molecule is Cc1ccc(Oc2ccc(C(=O)O)cc2Br)cc1. The van der Waals surface area contributed by atoms with Gasteiger partial charge < -0.3 is 9.84 Å². The molecular weight excluding hydrogens is 296 g/mol. The van der Waals surface area contributed by atoms with E-state index in [1.807, 2.05) is 31.2 Å². The first-order valence-electron chi connectivity index (χ1n) is 5.33. The van der Waals surface area contributed by atoms with E-state index in [-0.39, 0.29) is 5.56 Å². The number of carbonyl (C=O) groups is 1. The average molecular weight is 307 g/mol. The molecule has 18 heavy (non-hydrogen) atoms. The lowest BCUT2D eigenvalue weighted by molar-refractivity contribution is 0.0697. The van der Waals surface area contributed by atoms with Gasteiger partial charge in [-0.3, -0.25) is 0 Å². The number of rotatable bonds is 3. The molecule has 3 nitrogen and oxygen atoms in total. The fraction of sp³-hybridized carbons (Fsp3) is 0.0714. The van der Waals surface area contributed by atoms with E-state index in [1.165, 1.54) is 12.1 Å². The number of hydrogen-bond donors (Lipinski definition) is 1. The van der Waals surface area contributed by atoms with Gasteiger partial charge in [0, 0.05) is 0 Å². The minimum absolute atomic E-state index is 0.220. The van der Waals surface area contributed by atoms with Gasteiger partial charge in [0.2, 0.25) is 0 Å². The Kier molecular flexibility index (Phi) is 3.67. The fourth-order valence-corrected chi connectivity index (χ4v) is 1.91. The van der Waals surface area contributed by atoms with E-state index in [1.54, 1.807) is 6.07 Å². The van der Waals surface area contributed by atoms with E-state index in [9.17, 15) is 4.79 Å². The largest absolute Gasteiger partial charge is 0.478 e. The summed E-state index contributed by atoms with van der Waals surface area (Å²) in [6.07, 6.45) is 0. The smallest absolute Gasteiger partial charge is 0.335 e. The van der Waals surface area contributed by atoms with E-state index < -0.39 is 5.97 Å². The van der Waals surface area contributed by atoms with Crippen LogP contribution in [0.1, 0.15) is 15.9 Å². The highest BCUT2D eigenvalue weighted by Crippen LogP contribution is 2.30. The Balaban J connectivity index is 2.24. The lowest BCUT2D eigenvalue weighted by Gasteiger charge is -2.08. The van der Waals surface area contributed by atoms with Gasteiger partial charge in [-0.15, -0.1) is 0 Å². The molecule has 0 atom stereocenters. The van der Waals surface area contributed by atoms with Crippen molar-refractivity contribution in [3.05, 3.63) is 58.1 Å². The van der Waals surface area contributed by atoms with E-state index in [2.05, 4.69) is 15.9 Å². The van der Waals surface area contributed by atoms with Crippen LogP contribution in [-0.2, 0) is 0 Å². The van der Waals surface area contributed by atoms with E-state index in [0.29, 0.717) is 16.0 Å². The third kappa shape index (κ3) is 2.90. The van der Waals surface area contributed by atoms with Crippen LogP contribution < -0.4 is 4.74 Å². The highest BCUT2D eigenvalue weighted by Gasteiger charge is 2.08. The van der Waals surface area contributed by atoms with E-state index >= 15 is 0 Å². The topological polar surface area (TPSA) is 46.5 Å². The molecule has 0 aliphatic heterocycles. The number of carboxylic acids is 1. The number of hydrogen-bond acceptors (Lipinski definition) is 2. The maximum absolute atomic E-state index is 10.8. The van der Waals surface area contributed by atoms with Gasteiger partial charge in [0.1, 0.15) is 11.5 Å². The highest BCUT2D eigenvalue weighted by molar-refractivity contribution is 9.10. The molecule has 2 rings (SSSR count). The molecule has 1 N–H and O–H groups in total. The van der Waals surface area contributed by atoms with Gasteiger partial charge in [-0.2, -0.15) is 0 Å². The van der Waals surface area contributed by atoms with Crippen molar-refractivity contribution in [2.45, 2.75) is 6.92 Å². The first-order chi connectivity index (χ1) is 8.56. The molecule has 0 radical (unpaired) electrons. The third-order valence-electron chi connectivity index (χ3n) is 2.43. The van der Waals surface area contributed by atoms with Gasteiger partial charge in [-0.1, -0.05) is 17.7 Å². The molecular formula is C14H11BrO3. The molecule has 0 aliphatic rings. The van der Waals surface area contributed by atoms with Crippen molar-refractivity contribution in [1.82, 2.24) is 0 Å². The molecule has 0 bridgehead atoms. The van der Waals surface area contributed by atoms with Crippen LogP contribution in [0.3, 0.4) is 0 Å². The Morgan fingerprint density at radius 3 is 2.39 bits per heavy atom. The summed E-state index contributed by atoms with van der Waals surface area (Å²) in [4.78, 5) is 10.8. The Hall–Kier alpha value is -1.81. The maximum Gasteiger partial charge on any atom is 0.335 e.